The molecule has 0 spiro atoms. The number of anilines is 3. The van der Waals surface area contributed by atoms with E-state index in [4.69, 9.17) is 9.47 Å². The Morgan fingerprint density at radius 1 is 0.889 bits per heavy atom. The van der Waals surface area contributed by atoms with Gasteiger partial charge in [0.25, 0.3) is 5.91 Å². The lowest BCUT2D eigenvalue weighted by molar-refractivity contribution is 0.102. The smallest absolute Gasteiger partial charge is 0.276 e. The fourth-order valence-electron chi connectivity index (χ4n) is 2.26. The number of hydrogen-bond acceptors (Lipinski definition) is 6. The molecule has 1 amide bonds. The van der Waals surface area contributed by atoms with Crippen molar-refractivity contribution in [3.63, 3.8) is 0 Å². The predicted molar refractivity (Wildman–Crippen MR) is 104 cm³/mol. The Morgan fingerprint density at radius 2 is 1.67 bits per heavy atom. The van der Waals surface area contributed by atoms with Gasteiger partial charge in [0.15, 0.2) is 11.5 Å². The molecule has 3 aromatic rings. The first-order chi connectivity index (χ1) is 13.2. The lowest BCUT2D eigenvalue weighted by Crippen LogP contribution is -2.14. The van der Waals surface area contributed by atoms with Gasteiger partial charge in [0.1, 0.15) is 12.4 Å². The third-order valence-corrected chi connectivity index (χ3v) is 3.61. The molecule has 27 heavy (non-hydrogen) atoms. The molecule has 2 aromatic carbocycles. The van der Waals surface area contributed by atoms with E-state index >= 15 is 0 Å². The van der Waals surface area contributed by atoms with E-state index in [1.165, 1.54) is 0 Å². The number of para-hydroxylation sites is 1. The summed E-state index contributed by atoms with van der Waals surface area (Å²) < 4.78 is 10.5. The van der Waals surface area contributed by atoms with Crippen LogP contribution in [-0.4, -0.2) is 36.4 Å². The summed E-state index contributed by atoms with van der Waals surface area (Å²) in [5.41, 5.74) is 1.79. The first kappa shape index (κ1) is 18.3. The van der Waals surface area contributed by atoms with Crippen molar-refractivity contribution in [2.75, 3.05) is 31.0 Å². The number of rotatable bonds is 8. The Balaban J connectivity index is 1.56. The number of hydrogen-bond donors (Lipinski definition) is 2. The molecule has 0 aliphatic rings. The van der Waals surface area contributed by atoms with Crippen molar-refractivity contribution in [2.45, 2.75) is 0 Å². The molecule has 0 aliphatic carbocycles. The number of ether oxygens (including phenoxy) is 2. The summed E-state index contributed by atoms with van der Waals surface area (Å²) >= 11 is 0. The van der Waals surface area contributed by atoms with Crippen molar-refractivity contribution >= 4 is 23.1 Å². The second kappa shape index (κ2) is 9.30. The first-order valence-electron chi connectivity index (χ1n) is 8.43. The highest BCUT2D eigenvalue weighted by Crippen LogP contribution is 2.19. The van der Waals surface area contributed by atoms with Gasteiger partial charge in [-0.2, -0.15) is 0 Å². The van der Waals surface area contributed by atoms with Crippen LogP contribution in [0.1, 0.15) is 10.5 Å². The number of nitrogens with one attached hydrogen (secondary N) is 2. The van der Waals surface area contributed by atoms with Crippen molar-refractivity contribution in [2.24, 2.45) is 0 Å². The number of carbonyl (C=O) groups excluding carboxylic acids is 1. The molecule has 0 radical (unpaired) electrons. The van der Waals surface area contributed by atoms with Crippen LogP contribution in [0.5, 0.6) is 5.75 Å². The zero-order chi connectivity index (χ0) is 18.9. The van der Waals surface area contributed by atoms with Crippen molar-refractivity contribution < 1.29 is 14.3 Å². The number of benzene rings is 2. The van der Waals surface area contributed by atoms with Crippen LogP contribution in [-0.2, 0) is 4.74 Å². The zero-order valence-corrected chi connectivity index (χ0v) is 14.9. The molecule has 7 heteroatoms. The third kappa shape index (κ3) is 5.52. The van der Waals surface area contributed by atoms with E-state index in [-0.39, 0.29) is 11.6 Å². The average Bonchev–Trinajstić information content (AvgIpc) is 2.71. The second-order valence-electron chi connectivity index (χ2n) is 5.61. The number of carbonyl (C=O) groups is 1. The highest BCUT2D eigenvalue weighted by Gasteiger charge is 2.08. The molecular formula is C20H20N4O3. The van der Waals surface area contributed by atoms with Crippen LogP contribution in [0, 0.1) is 0 Å². The van der Waals surface area contributed by atoms with Gasteiger partial charge in [0.2, 0.25) is 0 Å². The molecule has 0 unspecified atom stereocenters. The van der Waals surface area contributed by atoms with Crippen LogP contribution in [0.4, 0.5) is 17.2 Å². The summed E-state index contributed by atoms with van der Waals surface area (Å²) in [4.78, 5) is 12.2. The van der Waals surface area contributed by atoms with E-state index in [9.17, 15) is 4.79 Å². The topological polar surface area (TPSA) is 85.4 Å². The molecule has 0 bridgehead atoms. The monoisotopic (exact) mass is 364 g/mol. The first-order valence-corrected chi connectivity index (χ1v) is 8.43. The van der Waals surface area contributed by atoms with Crippen molar-refractivity contribution in [1.29, 1.82) is 0 Å². The Morgan fingerprint density at radius 3 is 2.33 bits per heavy atom. The minimum atomic E-state index is -0.308. The lowest BCUT2D eigenvalue weighted by Gasteiger charge is -2.08. The largest absolute Gasteiger partial charge is 0.491 e. The fraction of sp³-hybridized carbons (Fsp3) is 0.150. The molecular weight excluding hydrogens is 344 g/mol. The lowest BCUT2D eigenvalue weighted by atomic mass is 10.3. The summed E-state index contributed by atoms with van der Waals surface area (Å²) in [6, 6.07) is 20.0. The minimum Gasteiger partial charge on any atom is -0.491 e. The maximum atomic E-state index is 12.2. The molecule has 1 heterocycles. The molecule has 0 atom stereocenters. The van der Waals surface area contributed by atoms with E-state index in [0.717, 1.165) is 11.4 Å². The van der Waals surface area contributed by atoms with Crippen LogP contribution in [0.2, 0.25) is 0 Å². The van der Waals surface area contributed by atoms with Gasteiger partial charge in [-0.1, -0.05) is 18.2 Å². The molecule has 7 nitrogen and oxygen atoms in total. The summed E-state index contributed by atoms with van der Waals surface area (Å²) in [5, 5.41) is 13.9. The maximum Gasteiger partial charge on any atom is 0.276 e. The van der Waals surface area contributed by atoms with Gasteiger partial charge >= 0.3 is 0 Å². The van der Waals surface area contributed by atoms with Crippen LogP contribution >= 0.6 is 0 Å². The Bertz CT molecular complexity index is 853. The van der Waals surface area contributed by atoms with Gasteiger partial charge in [-0.05, 0) is 48.5 Å². The summed E-state index contributed by atoms with van der Waals surface area (Å²) in [5.74, 6) is 0.994. The summed E-state index contributed by atoms with van der Waals surface area (Å²) in [7, 11) is 1.63. The third-order valence-electron chi connectivity index (χ3n) is 3.61. The van der Waals surface area contributed by atoms with E-state index in [2.05, 4.69) is 20.8 Å². The van der Waals surface area contributed by atoms with Crippen LogP contribution in [0.25, 0.3) is 0 Å². The van der Waals surface area contributed by atoms with Crippen LogP contribution in [0.3, 0.4) is 0 Å². The predicted octanol–water partition coefficient (Wildman–Crippen LogP) is 3.50. The quantitative estimate of drug-likeness (QED) is 0.595. The number of amides is 1. The van der Waals surface area contributed by atoms with Gasteiger partial charge in [0, 0.05) is 18.5 Å². The standard InChI is InChI=1S/C20H20N4O3/c1-26-13-14-27-17-9-7-16(8-10-17)21-19-12-11-18(23-24-19)20(25)22-15-5-3-2-4-6-15/h2-12H,13-14H2,1H3,(H,21,24)(H,22,25). The number of methoxy groups -OCH3 is 1. The van der Waals surface area contributed by atoms with E-state index in [1.54, 1.807) is 19.2 Å². The number of nitrogens with zero attached hydrogens (tertiary/aromatic N) is 2. The van der Waals surface area contributed by atoms with Gasteiger partial charge in [-0.25, -0.2) is 0 Å². The maximum absolute atomic E-state index is 12.2. The Labute approximate surface area is 157 Å². The van der Waals surface area contributed by atoms with Crippen molar-refractivity contribution in [1.82, 2.24) is 10.2 Å². The SMILES string of the molecule is COCCOc1ccc(Nc2ccc(C(=O)Nc3ccccc3)nn2)cc1. The van der Waals surface area contributed by atoms with Gasteiger partial charge < -0.3 is 20.1 Å². The molecule has 0 saturated carbocycles. The molecule has 138 valence electrons. The molecule has 0 fully saturated rings. The molecule has 0 saturated heterocycles. The fourth-order valence-corrected chi connectivity index (χ4v) is 2.26. The Kier molecular flexibility index (Phi) is 6.32. The normalized spacial score (nSPS) is 10.3. The van der Waals surface area contributed by atoms with Gasteiger partial charge in [-0.15, -0.1) is 10.2 Å². The minimum absolute atomic E-state index is 0.242. The molecule has 3 rings (SSSR count). The molecule has 0 aliphatic heterocycles. The summed E-state index contributed by atoms with van der Waals surface area (Å²) in [6.45, 7) is 1.04. The van der Waals surface area contributed by atoms with E-state index in [1.807, 2.05) is 54.6 Å². The summed E-state index contributed by atoms with van der Waals surface area (Å²) in [6.07, 6.45) is 0. The Hall–Kier alpha value is -3.45. The highest BCUT2D eigenvalue weighted by atomic mass is 16.5. The van der Waals surface area contributed by atoms with Crippen LogP contribution < -0.4 is 15.4 Å². The zero-order valence-electron chi connectivity index (χ0n) is 14.9. The average molecular weight is 364 g/mol. The van der Waals surface area contributed by atoms with E-state index in [0.29, 0.717) is 24.7 Å². The van der Waals surface area contributed by atoms with Crippen molar-refractivity contribution in [3.8, 4) is 5.75 Å². The van der Waals surface area contributed by atoms with Crippen LogP contribution in [0.15, 0.2) is 66.7 Å². The van der Waals surface area contributed by atoms with E-state index < -0.39 is 0 Å². The van der Waals surface area contributed by atoms with Crippen molar-refractivity contribution in [3.05, 3.63) is 72.4 Å². The van der Waals surface area contributed by atoms with Gasteiger partial charge in [-0.3, -0.25) is 4.79 Å². The second-order valence-corrected chi connectivity index (χ2v) is 5.61. The van der Waals surface area contributed by atoms with Gasteiger partial charge in [0.05, 0.1) is 6.61 Å². The number of aromatic nitrogens is 2. The molecule has 2 N–H and O–H groups in total. The molecule has 1 aromatic heterocycles. The highest BCUT2D eigenvalue weighted by molar-refractivity contribution is 6.02.